The summed E-state index contributed by atoms with van der Waals surface area (Å²) in [5.41, 5.74) is 1.94. The summed E-state index contributed by atoms with van der Waals surface area (Å²) in [7, 11) is 0. The standard InChI is InChI=1S/C22H20F3N3O4/c1-21(15-6-5-13-3-2-4-14(13)11-15)19(30)28(20(31)27-21)12-18(29)26-16-7-9-17(10-8-16)32-22(23,24)25/h5-11H,2-4,12H2,1H3,(H,26,29)(H,27,31)/t21-/m0/s1. The Morgan fingerprint density at radius 2 is 1.81 bits per heavy atom. The minimum absolute atomic E-state index is 0.193. The van der Waals surface area contributed by atoms with Gasteiger partial charge in [0, 0.05) is 5.69 Å². The maximum atomic E-state index is 13.0. The highest BCUT2D eigenvalue weighted by atomic mass is 19.4. The van der Waals surface area contributed by atoms with Crippen LogP contribution in [0.1, 0.15) is 30.0 Å². The molecule has 2 aromatic carbocycles. The molecule has 32 heavy (non-hydrogen) atoms. The van der Waals surface area contributed by atoms with E-state index in [0.29, 0.717) is 5.56 Å². The van der Waals surface area contributed by atoms with Gasteiger partial charge in [-0.3, -0.25) is 14.5 Å². The molecule has 2 N–H and O–H groups in total. The van der Waals surface area contributed by atoms with Crippen LogP contribution in [0.4, 0.5) is 23.7 Å². The monoisotopic (exact) mass is 447 g/mol. The molecule has 2 aromatic rings. The van der Waals surface area contributed by atoms with Crippen LogP contribution in [0.15, 0.2) is 42.5 Å². The summed E-state index contributed by atoms with van der Waals surface area (Å²) in [6, 6.07) is 9.54. The second-order valence-electron chi connectivity index (χ2n) is 7.90. The number of rotatable bonds is 5. The predicted octanol–water partition coefficient (Wildman–Crippen LogP) is 3.48. The van der Waals surface area contributed by atoms with E-state index in [-0.39, 0.29) is 5.69 Å². The highest BCUT2D eigenvalue weighted by Gasteiger charge is 2.49. The van der Waals surface area contributed by atoms with Gasteiger partial charge in [-0.2, -0.15) is 0 Å². The van der Waals surface area contributed by atoms with Crippen molar-refractivity contribution in [3.63, 3.8) is 0 Å². The molecule has 1 heterocycles. The quantitative estimate of drug-likeness (QED) is 0.687. The molecule has 1 saturated heterocycles. The number of nitrogens with zero attached hydrogens (tertiary/aromatic N) is 1. The number of carbonyl (C=O) groups is 3. The van der Waals surface area contributed by atoms with Gasteiger partial charge in [-0.05, 0) is 67.1 Å². The Bertz CT molecular complexity index is 1080. The zero-order chi connectivity index (χ0) is 23.1. The third kappa shape index (κ3) is 4.25. The van der Waals surface area contributed by atoms with Gasteiger partial charge in [-0.15, -0.1) is 13.2 Å². The number of hydrogen-bond acceptors (Lipinski definition) is 4. The minimum atomic E-state index is -4.82. The smallest absolute Gasteiger partial charge is 0.406 e. The van der Waals surface area contributed by atoms with Crippen LogP contribution in [0.5, 0.6) is 5.75 Å². The number of alkyl halides is 3. The number of nitrogens with one attached hydrogen (secondary N) is 2. The summed E-state index contributed by atoms with van der Waals surface area (Å²) in [5.74, 6) is -1.66. The van der Waals surface area contributed by atoms with Gasteiger partial charge in [0.2, 0.25) is 5.91 Å². The lowest BCUT2D eigenvalue weighted by atomic mass is 9.89. The van der Waals surface area contributed by atoms with Crippen LogP contribution in [0.2, 0.25) is 0 Å². The van der Waals surface area contributed by atoms with Gasteiger partial charge >= 0.3 is 12.4 Å². The summed E-state index contributed by atoms with van der Waals surface area (Å²) in [6.07, 6.45) is -1.87. The Kier molecular flexibility index (Phi) is 5.31. The number of hydrogen-bond donors (Lipinski definition) is 2. The number of anilines is 1. The van der Waals surface area contributed by atoms with Crippen molar-refractivity contribution in [2.24, 2.45) is 0 Å². The molecule has 0 radical (unpaired) electrons. The van der Waals surface area contributed by atoms with E-state index in [4.69, 9.17) is 0 Å². The summed E-state index contributed by atoms with van der Waals surface area (Å²) in [4.78, 5) is 38.7. The molecule has 1 aliphatic heterocycles. The van der Waals surface area contributed by atoms with Crippen LogP contribution in [-0.4, -0.2) is 35.7 Å². The fourth-order valence-electron chi connectivity index (χ4n) is 4.00. The van der Waals surface area contributed by atoms with Gasteiger partial charge < -0.3 is 15.4 Å². The molecule has 1 fully saturated rings. The Balaban J connectivity index is 1.42. The van der Waals surface area contributed by atoms with Gasteiger partial charge in [0.25, 0.3) is 5.91 Å². The molecule has 1 atom stereocenters. The zero-order valence-corrected chi connectivity index (χ0v) is 17.1. The molecule has 7 nitrogen and oxygen atoms in total. The van der Waals surface area contributed by atoms with Crippen molar-refractivity contribution >= 4 is 23.5 Å². The largest absolute Gasteiger partial charge is 0.573 e. The molecule has 168 valence electrons. The van der Waals surface area contributed by atoms with Gasteiger partial charge in [0.1, 0.15) is 17.8 Å². The molecule has 0 spiro atoms. The van der Waals surface area contributed by atoms with Crippen molar-refractivity contribution in [1.29, 1.82) is 0 Å². The van der Waals surface area contributed by atoms with Gasteiger partial charge in [-0.25, -0.2) is 4.79 Å². The molecule has 2 aliphatic rings. The second-order valence-corrected chi connectivity index (χ2v) is 7.90. The van der Waals surface area contributed by atoms with Crippen LogP contribution in [0.3, 0.4) is 0 Å². The second kappa shape index (κ2) is 7.85. The molecule has 4 rings (SSSR count). The molecule has 0 saturated carbocycles. The van der Waals surface area contributed by atoms with E-state index in [9.17, 15) is 27.6 Å². The van der Waals surface area contributed by atoms with Gasteiger partial charge in [0.15, 0.2) is 0 Å². The topological polar surface area (TPSA) is 87.7 Å². The Labute approximate surface area is 181 Å². The number of urea groups is 1. The maximum absolute atomic E-state index is 13.0. The molecule has 10 heteroatoms. The number of fused-ring (bicyclic) bond motifs is 1. The maximum Gasteiger partial charge on any atom is 0.573 e. The fraction of sp³-hybridized carbons (Fsp3) is 0.318. The summed E-state index contributed by atoms with van der Waals surface area (Å²) in [5, 5.41) is 5.12. The number of aryl methyl sites for hydroxylation is 2. The van der Waals surface area contributed by atoms with Gasteiger partial charge in [-0.1, -0.05) is 18.2 Å². The van der Waals surface area contributed by atoms with Crippen LogP contribution in [0.25, 0.3) is 0 Å². The number of halogens is 3. The Morgan fingerprint density at radius 3 is 2.50 bits per heavy atom. The number of ether oxygens (including phenoxy) is 1. The van der Waals surface area contributed by atoms with E-state index in [1.165, 1.54) is 17.7 Å². The van der Waals surface area contributed by atoms with Crippen molar-refractivity contribution in [2.75, 3.05) is 11.9 Å². The number of carbonyl (C=O) groups excluding carboxylic acids is 3. The average molecular weight is 447 g/mol. The number of imide groups is 1. The van der Waals surface area contributed by atoms with Crippen molar-refractivity contribution < 1.29 is 32.3 Å². The van der Waals surface area contributed by atoms with Crippen molar-refractivity contribution in [2.45, 2.75) is 38.1 Å². The van der Waals surface area contributed by atoms with Crippen LogP contribution in [-0.2, 0) is 28.0 Å². The highest BCUT2D eigenvalue weighted by Crippen LogP contribution is 2.32. The molecule has 0 aromatic heterocycles. The SMILES string of the molecule is C[C@@]1(c2ccc3c(c2)CCC3)NC(=O)N(CC(=O)Nc2ccc(OC(F)(F)F)cc2)C1=O. The van der Waals surface area contributed by atoms with Crippen molar-refractivity contribution in [3.05, 3.63) is 59.2 Å². The van der Waals surface area contributed by atoms with Crippen LogP contribution < -0.4 is 15.4 Å². The van der Waals surface area contributed by atoms with Gasteiger partial charge in [0.05, 0.1) is 0 Å². The number of amides is 4. The zero-order valence-electron chi connectivity index (χ0n) is 17.1. The summed E-state index contributed by atoms with van der Waals surface area (Å²) >= 11 is 0. The Morgan fingerprint density at radius 1 is 1.12 bits per heavy atom. The van der Waals surface area contributed by atoms with E-state index in [0.717, 1.165) is 41.9 Å². The van der Waals surface area contributed by atoms with E-state index in [1.807, 2.05) is 18.2 Å². The van der Waals surface area contributed by atoms with E-state index >= 15 is 0 Å². The molecule has 1 aliphatic carbocycles. The van der Waals surface area contributed by atoms with Crippen LogP contribution >= 0.6 is 0 Å². The molecule has 0 unspecified atom stereocenters. The van der Waals surface area contributed by atoms with Crippen molar-refractivity contribution in [3.8, 4) is 5.75 Å². The first kappa shape index (κ1) is 21.7. The predicted molar refractivity (Wildman–Crippen MR) is 108 cm³/mol. The van der Waals surface area contributed by atoms with Crippen LogP contribution in [0, 0.1) is 0 Å². The number of benzene rings is 2. The first-order valence-corrected chi connectivity index (χ1v) is 9.97. The minimum Gasteiger partial charge on any atom is -0.406 e. The fourth-order valence-corrected chi connectivity index (χ4v) is 4.00. The normalized spacial score (nSPS) is 20.2. The lowest BCUT2D eigenvalue weighted by molar-refractivity contribution is -0.274. The molecule has 0 bridgehead atoms. The molecular formula is C22H20F3N3O4. The van der Waals surface area contributed by atoms with E-state index in [2.05, 4.69) is 15.4 Å². The lowest BCUT2D eigenvalue weighted by Crippen LogP contribution is -2.42. The third-order valence-corrected chi connectivity index (χ3v) is 5.62. The van der Waals surface area contributed by atoms with E-state index in [1.54, 1.807) is 6.92 Å². The van der Waals surface area contributed by atoms with E-state index < -0.39 is 42.0 Å². The lowest BCUT2D eigenvalue weighted by Gasteiger charge is -2.23. The average Bonchev–Trinajstić information content (AvgIpc) is 3.27. The third-order valence-electron chi connectivity index (χ3n) is 5.62. The Hall–Kier alpha value is -3.56. The van der Waals surface area contributed by atoms with Crippen molar-refractivity contribution in [1.82, 2.24) is 10.2 Å². The first-order chi connectivity index (χ1) is 15.0. The molecular weight excluding hydrogens is 427 g/mol. The molecule has 4 amide bonds. The first-order valence-electron chi connectivity index (χ1n) is 9.97. The highest BCUT2D eigenvalue weighted by molar-refractivity contribution is 6.10. The summed E-state index contributed by atoms with van der Waals surface area (Å²) in [6.45, 7) is 1.06. The summed E-state index contributed by atoms with van der Waals surface area (Å²) < 4.78 is 40.5.